The maximum absolute atomic E-state index is 5.24. The van der Waals surface area contributed by atoms with Gasteiger partial charge in [-0.05, 0) is 18.6 Å². The molecule has 0 saturated heterocycles. The quantitative estimate of drug-likeness (QED) is 0.834. The maximum atomic E-state index is 5.24. The number of hydrogen-bond acceptors (Lipinski definition) is 4. The molecule has 0 amide bonds. The van der Waals surface area contributed by atoms with Crippen molar-refractivity contribution in [3.63, 3.8) is 0 Å². The van der Waals surface area contributed by atoms with Crippen molar-refractivity contribution in [2.45, 2.75) is 19.8 Å². The van der Waals surface area contributed by atoms with Gasteiger partial charge >= 0.3 is 0 Å². The van der Waals surface area contributed by atoms with Gasteiger partial charge in [-0.25, -0.2) is 9.97 Å². The number of aryl methyl sites for hydroxylation is 1. The van der Waals surface area contributed by atoms with Gasteiger partial charge in [0.05, 0.1) is 6.26 Å². The second-order valence-corrected chi connectivity index (χ2v) is 3.50. The fourth-order valence-corrected chi connectivity index (χ4v) is 1.46. The maximum Gasteiger partial charge on any atom is 0.129 e. The van der Waals surface area contributed by atoms with E-state index in [-0.39, 0.29) is 0 Å². The van der Waals surface area contributed by atoms with Crippen LogP contribution in [-0.2, 0) is 12.8 Å². The predicted octanol–water partition coefficient (Wildman–Crippen LogP) is 2.29. The lowest BCUT2D eigenvalue weighted by Crippen LogP contribution is -2.06. The summed E-state index contributed by atoms with van der Waals surface area (Å²) in [6, 6.07) is 5.84. The number of nitrogens with one attached hydrogen (secondary N) is 1. The molecule has 2 aromatic rings. The minimum Gasteiger partial charge on any atom is -0.469 e. The molecule has 2 aromatic heterocycles. The molecule has 1 N–H and O–H groups in total. The van der Waals surface area contributed by atoms with Gasteiger partial charge < -0.3 is 9.73 Å². The molecule has 84 valence electrons. The van der Waals surface area contributed by atoms with Gasteiger partial charge in [-0.15, -0.1) is 0 Å². The molecule has 2 rings (SSSR count). The highest BCUT2D eigenvalue weighted by atomic mass is 16.3. The smallest absolute Gasteiger partial charge is 0.129 e. The molecule has 2 heterocycles. The summed E-state index contributed by atoms with van der Waals surface area (Å²) in [5, 5.41) is 3.25. The summed E-state index contributed by atoms with van der Waals surface area (Å²) in [6.07, 6.45) is 5.07. The summed E-state index contributed by atoms with van der Waals surface area (Å²) in [7, 11) is 0. The third kappa shape index (κ3) is 2.82. The van der Waals surface area contributed by atoms with Gasteiger partial charge in [-0.2, -0.15) is 0 Å². The van der Waals surface area contributed by atoms with Crippen LogP contribution in [0.25, 0.3) is 0 Å². The molecule has 0 saturated carbocycles. The first-order valence-corrected chi connectivity index (χ1v) is 5.45. The number of rotatable bonds is 5. The molecule has 4 nitrogen and oxygen atoms in total. The van der Waals surface area contributed by atoms with Crippen LogP contribution >= 0.6 is 0 Å². The number of hydrogen-bond donors (Lipinski definition) is 1. The fourth-order valence-electron chi connectivity index (χ4n) is 1.46. The van der Waals surface area contributed by atoms with E-state index in [0.29, 0.717) is 0 Å². The summed E-state index contributed by atoms with van der Waals surface area (Å²) >= 11 is 0. The Balaban J connectivity index is 1.85. The fraction of sp³-hybridized carbons (Fsp3) is 0.333. The Hall–Kier alpha value is -1.84. The highest BCUT2D eigenvalue weighted by Crippen LogP contribution is 2.05. The van der Waals surface area contributed by atoms with Gasteiger partial charge in [-0.3, -0.25) is 0 Å². The molecule has 0 bridgehead atoms. The minimum atomic E-state index is 0.813. The van der Waals surface area contributed by atoms with Crippen LogP contribution in [0.4, 0.5) is 5.82 Å². The first kappa shape index (κ1) is 10.7. The van der Waals surface area contributed by atoms with Crippen molar-refractivity contribution in [1.29, 1.82) is 0 Å². The van der Waals surface area contributed by atoms with Crippen molar-refractivity contribution in [3.05, 3.63) is 42.2 Å². The van der Waals surface area contributed by atoms with Crippen molar-refractivity contribution in [1.82, 2.24) is 9.97 Å². The van der Waals surface area contributed by atoms with Crippen molar-refractivity contribution in [2.75, 3.05) is 11.9 Å². The van der Waals surface area contributed by atoms with Crippen molar-refractivity contribution >= 4 is 5.82 Å². The van der Waals surface area contributed by atoms with Gasteiger partial charge in [-0.1, -0.05) is 6.92 Å². The first-order chi connectivity index (χ1) is 7.88. The molecular weight excluding hydrogens is 202 g/mol. The van der Waals surface area contributed by atoms with Crippen LogP contribution in [-0.4, -0.2) is 16.5 Å². The zero-order valence-electron chi connectivity index (χ0n) is 9.31. The lowest BCUT2D eigenvalue weighted by molar-refractivity contribution is 0.513. The van der Waals surface area contributed by atoms with Crippen molar-refractivity contribution < 1.29 is 4.42 Å². The number of aromatic nitrogens is 2. The summed E-state index contributed by atoms with van der Waals surface area (Å²) in [6.45, 7) is 2.89. The molecule has 16 heavy (non-hydrogen) atoms. The van der Waals surface area contributed by atoms with Gasteiger partial charge in [0.15, 0.2) is 0 Å². The normalized spacial score (nSPS) is 10.3. The number of anilines is 1. The molecule has 0 aliphatic heterocycles. The molecule has 0 unspecified atom stereocenters. The van der Waals surface area contributed by atoms with Crippen molar-refractivity contribution in [3.8, 4) is 0 Å². The summed E-state index contributed by atoms with van der Waals surface area (Å²) < 4.78 is 5.24. The van der Waals surface area contributed by atoms with E-state index in [1.165, 1.54) is 0 Å². The van der Waals surface area contributed by atoms with E-state index in [1.54, 1.807) is 12.6 Å². The van der Waals surface area contributed by atoms with E-state index >= 15 is 0 Å². The predicted molar refractivity (Wildman–Crippen MR) is 62.3 cm³/mol. The Morgan fingerprint density at radius 2 is 2.31 bits per heavy atom. The average molecular weight is 217 g/mol. The molecule has 0 aromatic carbocycles. The number of furan rings is 1. The molecule has 0 atom stereocenters. The van der Waals surface area contributed by atoms with E-state index in [2.05, 4.69) is 22.2 Å². The Labute approximate surface area is 94.7 Å². The highest BCUT2D eigenvalue weighted by molar-refractivity contribution is 5.34. The van der Waals surface area contributed by atoms with E-state index in [4.69, 9.17) is 4.42 Å². The molecule has 4 heteroatoms. The lowest BCUT2D eigenvalue weighted by atomic mass is 10.3. The van der Waals surface area contributed by atoms with Crippen LogP contribution in [0.15, 0.2) is 35.2 Å². The minimum absolute atomic E-state index is 0.813. The Bertz CT molecular complexity index is 426. The summed E-state index contributed by atoms with van der Waals surface area (Å²) in [5.41, 5.74) is 1.05. The molecule has 0 spiro atoms. The standard InChI is InChI=1S/C12H15N3O/c1-2-10-8-12(15-9-14-10)13-6-5-11-4-3-7-16-11/h3-4,7-9H,2,5-6H2,1H3,(H,13,14,15). The first-order valence-electron chi connectivity index (χ1n) is 5.45. The second kappa shape index (κ2) is 5.30. The zero-order valence-corrected chi connectivity index (χ0v) is 9.31. The highest BCUT2D eigenvalue weighted by Gasteiger charge is 1.98. The lowest BCUT2D eigenvalue weighted by Gasteiger charge is -2.04. The van der Waals surface area contributed by atoms with E-state index in [9.17, 15) is 0 Å². The third-order valence-electron chi connectivity index (χ3n) is 2.34. The third-order valence-corrected chi connectivity index (χ3v) is 2.34. The topological polar surface area (TPSA) is 51.0 Å². The van der Waals surface area contributed by atoms with Crippen LogP contribution in [0.3, 0.4) is 0 Å². The van der Waals surface area contributed by atoms with Gasteiger partial charge in [0.25, 0.3) is 0 Å². The molecule has 0 aliphatic rings. The van der Waals surface area contributed by atoms with Crippen LogP contribution < -0.4 is 5.32 Å². The second-order valence-electron chi connectivity index (χ2n) is 3.50. The molecular formula is C12H15N3O. The molecule has 0 fully saturated rings. The van der Waals surface area contributed by atoms with Crippen molar-refractivity contribution in [2.24, 2.45) is 0 Å². The van der Waals surface area contributed by atoms with E-state index in [0.717, 1.165) is 36.7 Å². The SMILES string of the molecule is CCc1cc(NCCc2ccco2)ncn1. The Kier molecular flexibility index (Phi) is 3.53. The molecule has 0 radical (unpaired) electrons. The Morgan fingerprint density at radius 3 is 3.06 bits per heavy atom. The van der Waals surface area contributed by atoms with Crippen LogP contribution in [0, 0.1) is 0 Å². The zero-order chi connectivity index (χ0) is 11.2. The number of nitrogens with zero attached hydrogens (tertiary/aromatic N) is 2. The van der Waals surface area contributed by atoms with E-state index in [1.807, 2.05) is 18.2 Å². The summed E-state index contributed by atoms with van der Waals surface area (Å²) in [5.74, 6) is 1.86. The van der Waals surface area contributed by atoms with Crippen LogP contribution in [0.1, 0.15) is 18.4 Å². The van der Waals surface area contributed by atoms with Crippen LogP contribution in [0.2, 0.25) is 0 Å². The average Bonchev–Trinajstić information content (AvgIpc) is 2.82. The monoisotopic (exact) mass is 217 g/mol. The largest absolute Gasteiger partial charge is 0.469 e. The van der Waals surface area contributed by atoms with Gasteiger partial charge in [0.2, 0.25) is 0 Å². The summed E-state index contributed by atoms with van der Waals surface area (Å²) in [4.78, 5) is 8.30. The van der Waals surface area contributed by atoms with E-state index < -0.39 is 0 Å². The van der Waals surface area contributed by atoms with Gasteiger partial charge in [0.1, 0.15) is 17.9 Å². The Morgan fingerprint density at radius 1 is 1.38 bits per heavy atom. The van der Waals surface area contributed by atoms with Crippen LogP contribution in [0.5, 0.6) is 0 Å². The van der Waals surface area contributed by atoms with Gasteiger partial charge in [0, 0.05) is 24.7 Å². The molecule has 0 aliphatic carbocycles.